The van der Waals surface area contributed by atoms with Gasteiger partial charge in [0.2, 0.25) is 5.91 Å². The van der Waals surface area contributed by atoms with Crippen LogP contribution in [-0.2, 0) is 4.79 Å². The van der Waals surface area contributed by atoms with Crippen LogP contribution in [0.15, 0.2) is 18.2 Å². The van der Waals surface area contributed by atoms with Crippen molar-refractivity contribution in [2.24, 2.45) is 0 Å². The van der Waals surface area contributed by atoms with Crippen molar-refractivity contribution < 1.29 is 9.72 Å². The molecule has 0 spiro atoms. The third kappa shape index (κ3) is 3.42. The van der Waals surface area contributed by atoms with Gasteiger partial charge in [0.05, 0.1) is 11.0 Å². The number of likely N-dealkylation sites (tertiary alicyclic amines) is 1. The molecule has 8 nitrogen and oxygen atoms in total. The molecule has 25 heavy (non-hydrogen) atoms. The van der Waals surface area contributed by atoms with Crippen molar-refractivity contribution in [2.45, 2.75) is 18.9 Å². The lowest BCUT2D eigenvalue weighted by Gasteiger charge is -2.38. The average Bonchev–Trinajstić information content (AvgIpc) is 3.06. The first-order chi connectivity index (χ1) is 12.0. The van der Waals surface area contributed by atoms with Gasteiger partial charge in [-0.3, -0.25) is 19.8 Å². The topological polar surface area (TPSA) is 93.7 Å². The SMILES string of the molecule is CN1CCC[C@H]1C(=O)N1CCN(c2ccc([N+](=O)[O-])c(C#N)c2)CC1. The number of carbonyl (C=O) groups is 1. The summed E-state index contributed by atoms with van der Waals surface area (Å²) in [7, 11) is 1.99. The van der Waals surface area contributed by atoms with Gasteiger partial charge in [-0.15, -0.1) is 0 Å². The summed E-state index contributed by atoms with van der Waals surface area (Å²) in [5.41, 5.74) is 0.671. The van der Waals surface area contributed by atoms with Crippen LogP contribution >= 0.6 is 0 Å². The molecular weight excluding hydrogens is 322 g/mol. The first-order valence-corrected chi connectivity index (χ1v) is 8.44. The van der Waals surface area contributed by atoms with Crippen molar-refractivity contribution in [1.29, 1.82) is 5.26 Å². The summed E-state index contributed by atoms with van der Waals surface area (Å²) >= 11 is 0. The first-order valence-electron chi connectivity index (χ1n) is 8.44. The van der Waals surface area contributed by atoms with Crippen molar-refractivity contribution in [3.05, 3.63) is 33.9 Å². The fourth-order valence-corrected chi connectivity index (χ4v) is 3.59. The lowest BCUT2D eigenvalue weighted by Crippen LogP contribution is -2.53. The highest BCUT2D eigenvalue weighted by atomic mass is 16.6. The molecule has 2 fully saturated rings. The molecule has 2 aliphatic heterocycles. The Labute approximate surface area is 146 Å². The Kier molecular flexibility index (Phi) is 4.86. The number of carbonyl (C=O) groups excluding carboxylic acids is 1. The molecule has 3 rings (SSSR count). The number of nitro groups is 1. The van der Waals surface area contributed by atoms with Crippen LogP contribution in [0.2, 0.25) is 0 Å². The van der Waals surface area contributed by atoms with E-state index < -0.39 is 4.92 Å². The van der Waals surface area contributed by atoms with E-state index in [2.05, 4.69) is 9.80 Å². The molecule has 2 saturated heterocycles. The predicted molar refractivity (Wildman–Crippen MR) is 92.3 cm³/mol. The Bertz CT molecular complexity index is 721. The highest BCUT2D eigenvalue weighted by molar-refractivity contribution is 5.82. The highest BCUT2D eigenvalue weighted by Crippen LogP contribution is 2.26. The summed E-state index contributed by atoms with van der Waals surface area (Å²) < 4.78 is 0. The van der Waals surface area contributed by atoms with Crippen LogP contribution in [0, 0.1) is 21.4 Å². The number of nitrogens with zero attached hydrogens (tertiary/aromatic N) is 5. The van der Waals surface area contributed by atoms with Gasteiger partial charge in [-0.25, -0.2) is 0 Å². The molecule has 1 atom stereocenters. The summed E-state index contributed by atoms with van der Waals surface area (Å²) in [5, 5.41) is 20.1. The van der Waals surface area contributed by atoms with Gasteiger partial charge in [0, 0.05) is 37.9 Å². The Morgan fingerprint density at radius 1 is 1.28 bits per heavy atom. The molecule has 0 aliphatic carbocycles. The maximum Gasteiger partial charge on any atom is 0.287 e. The third-order valence-corrected chi connectivity index (χ3v) is 5.06. The molecule has 2 aliphatic rings. The van der Waals surface area contributed by atoms with Gasteiger partial charge in [0.15, 0.2) is 0 Å². The second-order valence-electron chi connectivity index (χ2n) is 6.52. The minimum atomic E-state index is -0.545. The molecule has 0 N–H and O–H groups in total. The summed E-state index contributed by atoms with van der Waals surface area (Å²) in [6.07, 6.45) is 1.98. The van der Waals surface area contributed by atoms with E-state index in [0.717, 1.165) is 25.1 Å². The van der Waals surface area contributed by atoms with E-state index in [9.17, 15) is 14.9 Å². The fourth-order valence-electron chi connectivity index (χ4n) is 3.59. The molecule has 132 valence electrons. The minimum Gasteiger partial charge on any atom is -0.368 e. The molecule has 0 aromatic heterocycles. The number of anilines is 1. The minimum absolute atomic E-state index is 0.00360. The first kappa shape index (κ1) is 17.2. The standard InChI is InChI=1S/C17H21N5O3/c1-19-6-2-3-16(19)17(23)21-9-7-20(8-10-21)14-4-5-15(22(24)25)13(11-14)12-18/h4-5,11,16H,2-3,6-10H2,1H3/t16-/m0/s1. The average molecular weight is 343 g/mol. The van der Waals surface area contributed by atoms with Crippen molar-refractivity contribution in [2.75, 3.05) is 44.7 Å². The molecule has 0 unspecified atom stereocenters. The number of piperazine rings is 1. The number of rotatable bonds is 3. The van der Waals surface area contributed by atoms with E-state index in [0.29, 0.717) is 26.2 Å². The zero-order valence-electron chi connectivity index (χ0n) is 14.2. The van der Waals surface area contributed by atoms with Crippen molar-refractivity contribution in [3.63, 3.8) is 0 Å². The zero-order valence-corrected chi connectivity index (χ0v) is 14.2. The number of likely N-dealkylation sites (N-methyl/N-ethyl adjacent to an activating group) is 1. The summed E-state index contributed by atoms with van der Waals surface area (Å²) in [5.74, 6) is 0.195. The number of hydrogen-bond donors (Lipinski definition) is 0. The fraction of sp³-hybridized carbons (Fsp3) is 0.529. The Morgan fingerprint density at radius 3 is 2.56 bits per heavy atom. The van der Waals surface area contributed by atoms with E-state index >= 15 is 0 Å². The summed E-state index contributed by atoms with van der Waals surface area (Å²) in [6.45, 7) is 3.54. The molecule has 0 radical (unpaired) electrons. The lowest BCUT2D eigenvalue weighted by atomic mass is 10.1. The van der Waals surface area contributed by atoms with Crippen molar-refractivity contribution >= 4 is 17.3 Å². The van der Waals surface area contributed by atoms with Gasteiger partial charge < -0.3 is 9.80 Å². The van der Waals surface area contributed by atoms with Crippen molar-refractivity contribution in [1.82, 2.24) is 9.80 Å². The molecule has 1 aromatic rings. The van der Waals surface area contributed by atoms with Crippen LogP contribution in [-0.4, -0.2) is 66.4 Å². The van der Waals surface area contributed by atoms with E-state index in [4.69, 9.17) is 5.26 Å². The van der Waals surface area contributed by atoms with E-state index in [1.54, 1.807) is 12.1 Å². The molecule has 8 heteroatoms. The second-order valence-corrected chi connectivity index (χ2v) is 6.52. The van der Waals surface area contributed by atoms with E-state index in [1.165, 1.54) is 6.07 Å². The number of benzene rings is 1. The Balaban J connectivity index is 1.65. The molecule has 0 bridgehead atoms. The van der Waals surface area contributed by atoms with E-state index in [-0.39, 0.29) is 23.2 Å². The third-order valence-electron chi connectivity index (χ3n) is 5.06. The van der Waals surface area contributed by atoms with Crippen molar-refractivity contribution in [3.8, 4) is 6.07 Å². The van der Waals surface area contributed by atoms with Crippen LogP contribution in [0.5, 0.6) is 0 Å². The summed E-state index contributed by atoms with van der Waals surface area (Å²) in [6, 6.07) is 6.48. The van der Waals surface area contributed by atoms with Gasteiger partial charge in [-0.2, -0.15) is 5.26 Å². The van der Waals surface area contributed by atoms with Gasteiger partial charge >= 0.3 is 0 Å². The predicted octanol–water partition coefficient (Wildman–Crippen LogP) is 1.21. The van der Waals surface area contributed by atoms with Crippen LogP contribution in [0.1, 0.15) is 18.4 Å². The van der Waals surface area contributed by atoms with Gasteiger partial charge in [-0.05, 0) is 38.6 Å². The van der Waals surface area contributed by atoms with Gasteiger partial charge in [0.25, 0.3) is 5.69 Å². The van der Waals surface area contributed by atoms with E-state index in [1.807, 2.05) is 18.0 Å². The highest BCUT2D eigenvalue weighted by Gasteiger charge is 2.33. The number of nitro benzene ring substituents is 1. The van der Waals surface area contributed by atoms with Gasteiger partial charge in [0.1, 0.15) is 11.6 Å². The molecule has 1 aromatic carbocycles. The molecule has 2 heterocycles. The normalized spacial score (nSPS) is 21.2. The number of nitriles is 1. The molecule has 1 amide bonds. The van der Waals surface area contributed by atoms with Crippen LogP contribution < -0.4 is 4.90 Å². The maximum absolute atomic E-state index is 12.6. The Hall–Kier alpha value is -2.66. The number of amides is 1. The van der Waals surface area contributed by atoms with Crippen LogP contribution in [0.3, 0.4) is 0 Å². The number of hydrogen-bond acceptors (Lipinski definition) is 6. The Morgan fingerprint density at radius 2 is 2.00 bits per heavy atom. The molecule has 0 saturated carbocycles. The molecular formula is C17H21N5O3. The van der Waals surface area contributed by atoms with Gasteiger partial charge in [-0.1, -0.05) is 0 Å². The largest absolute Gasteiger partial charge is 0.368 e. The lowest BCUT2D eigenvalue weighted by molar-refractivity contribution is -0.385. The quantitative estimate of drug-likeness (QED) is 0.605. The smallest absolute Gasteiger partial charge is 0.287 e. The summed E-state index contributed by atoms with van der Waals surface area (Å²) in [4.78, 5) is 29.1. The zero-order chi connectivity index (χ0) is 18.0. The maximum atomic E-state index is 12.6. The van der Waals surface area contributed by atoms with Crippen LogP contribution in [0.4, 0.5) is 11.4 Å². The van der Waals surface area contributed by atoms with Crippen LogP contribution in [0.25, 0.3) is 0 Å². The monoisotopic (exact) mass is 343 g/mol. The second kappa shape index (κ2) is 7.07.